The summed E-state index contributed by atoms with van der Waals surface area (Å²) in [6.45, 7) is 4.63. The van der Waals surface area contributed by atoms with E-state index in [4.69, 9.17) is 0 Å². The van der Waals surface area contributed by atoms with Gasteiger partial charge in [0.25, 0.3) is 0 Å². The minimum atomic E-state index is 0.889. The molecule has 0 saturated carbocycles. The highest BCUT2D eigenvalue weighted by molar-refractivity contribution is 5.37. The van der Waals surface area contributed by atoms with Crippen LogP contribution in [0, 0.1) is 5.92 Å². The van der Waals surface area contributed by atoms with Crippen LogP contribution >= 0.6 is 0 Å². The van der Waals surface area contributed by atoms with Crippen molar-refractivity contribution < 1.29 is 0 Å². The van der Waals surface area contributed by atoms with E-state index in [0.717, 1.165) is 5.92 Å². The Labute approximate surface area is 81.0 Å². The van der Waals surface area contributed by atoms with Gasteiger partial charge >= 0.3 is 0 Å². The minimum Gasteiger partial charge on any atom is -0.0622 e. The molecule has 70 valence electrons. The molecule has 2 rings (SSSR count). The molecule has 0 bridgehead atoms. The molecule has 0 nitrogen and oxygen atoms in total. The van der Waals surface area contributed by atoms with Crippen LogP contribution < -0.4 is 0 Å². The van der Waals surface area contributed by atoms with Crippen molar-refractivity contribution in [3.8, 4) is 0 Å². The standard InChI is InChI=1S/C13H18/c1-3-11-5-4-6-12-8-7-10(2)9-13(11)12/h4-6,10H,3,7-9H2,1-2H3. The Morgan fingerprint density at radius 2 is 2.23 bits per heavy atom. The number of fused-ring (bicyclic) bond motifs is 1. The van der Waals surface area contributed by atoms with Gasteiger partial charge in [-0.3, -0.25) is 0 Å². The summed E-state index contributed by atoms with van der Waals surface area (Å²) in [5.41, 5.74) is 4.84. The molecule has 0 heterocycles. The van der Waals surface area contributed by atoms with Crippen molar-refractivity contribution in [1.82, 2.24) is 0 Å². The lowest BCUT2D eigenvalue weighted by Crippen LogP contribution is -2.13. The Bertz CT molecular complexity index is 285. The van der Waals surface area contributed by atoms with E-state index in [0.29, 0.717) is 0 Å². The summed E-state index contributed by atoms with van der Waals surface area (Å²) in [7, 11) is 0. The largest absolute Gasteiger partial charge is 0.0622 e. The van der Waals surface area contributed by atoms with E-state index in [-0.39, 0.29) is 0 Å². The minimum absolute atomic E-state index is 0.889. The summed E-state index contributed by atoms with van der Waals surface area (Å²) in [4.78, 5) is 0. The van der Waals surface area contributed by atoms with Crippen molar-refractivity contribution in [2.45, 2.75) is 39.5 Å². The third kappa shape index (κ3) is 1.63. The molecule has 0 aliphatic heterocycles. The zero-order valence-electron chi connectivity index (χ0n) is 8.64. The summed E-state index contributed by atoms with van der Waals surface area (Å²) in [5.74, 6) is 0.889. The van der Waals surface area contributed by atoms with Gasteiger partial charge in [-0.2, -0.15) is 0 Å². The van der Waals surface area contributed by atoms with Crippen LogP contribution in [0.1, 0.15) is 37.0 Å². The number of benzene rings is 1. The van der Waals surface area contributed by atoms with Crippen LogP contribution in [-0.2, 0) is 19.3 Å². The maximum atomic E-state index is 2.37. The summed E-state index contributed by atoms with van der Waals surface area (Å²) in [6.07, 6.45) is 5.17. The molecule has 1 atom stereocenters. The van der Waals surface area contributed by atoms with Gasteiger partial charge in [0.2, 0.25) is 0 Å². The van der Waals surface area contributed by atoms with E-state index in [1.807, 2.05) is 0 Å². The van der Waals surface area contributed by atoms with Crippen molar-refractivity contribution >= 4 is 0 Å². The topological polar surface area (TPSA) is 0 Å². The summed E-state index contributed by atoms with van der Waals surface area (Å²) < 4.78 is 0. The molecule has 0 heteroatoms. The second-order valence-corrected chi connectivity index (χ2v) is 4.26. The van der Waals surface area contributed by atoms with E-state index < -0.39 is 0 Å². The molecule has 0 amide bonds. The summed E-state index contributed by atoms with van der Waals surface area (Å²) in [6, 6.07) is 6.81. The molecule has 1 aliphatic carbocycles. The smallest absolute Gasteiger partial charge is 0.0247 e. The maximum Gasteiger partial charge on any atom is -0.0247 e. The van der Waals surface area contributed by atoms with E-state index in [1.165, 1.54) is 25.7 Å². The van der Waals surface area contributed by atoms with E-state index in [9.17, 15) is 0 Å². The Morgan fingerprint density at radius 1 is 1.38 bits per heavy atom. The van der Waals surface area contributed by atoms with Crippen molar-refractivity contribution in [2.24, 2.45) is 5.92 Å². The van der Waals surface area contributed by atoms with Gasteiger partial charge in [0.15, 0.2) is 0 Å². The lowest BCUT2D eigenvalue weighted by atomic mass is 9.82. The van der Waals surface area contributed by atoms with Gasteiger partial charge in [0, 0.05) is 0 Å². The number of aryl methyl sites for hydroxylation is 2. The maximum absolute atomic E-state index is 2.37. The highest BCUT2D eigenvalue weighted by atomic mass is 14.2. The summed E-state index contributed by atoms with van der Waals surface area (Å²) >= 11 is 0. The predicted molar refractivity (Wildman–Crippen MR) is 57.0 cm³/mol. The van der Waals surface area contributed by atoms with E-state index >= 15 is 0 Å². The van der Waals surface area contributed by atoms with Crippen LogP contribution in [0.4, 0.5) is 0 Å². The van der Waals surface area contributed by atoms with Gasteiger partial charge in [-0.1, -0.05) is 32.0 Å². The number of hydrogen-bond acceptors (Lipinski definition) is 0. The fourth-order valence-corrected chi connectivity index (χ4v) is 2.37. The van der Waals surface area contributed by atoms with Crippen LogP contribution in [0.2, 0.25) is 0 Å². The van der Waals surface area contributed by atoms with Gasteiger partial charge in [-0.25, -0.2) is 0 Å². The van der Waals surface area contributed by atoms with Crippen molar-refractivity contribution in [3.63, 3.8) is 0 Å². The molecule has 0 radical (unpaired) electrons. The molecule has 1 aromatic carbocycles. The average Bonchev–Trinajstić information content (AvgIpc) is 2.17. The highest BCUT2D eigenvalue weighted by Crippen LogP contribution is 2.27. The lowest BCUT2D eigenvalue weighted by Gasteiger charge is -2.23. The Kier molecular flexibility index (Phi) is 2.39. The third-order valence-corrected chi connectivity index (χ3v) is 3.21. The van der Waals surface area contributed by atoms with Gasteiger partial charge in [0.05, 0.1) is 0 Å². The van der Waals surface area contributed by atoms with Crippen LogP contribution in [0.15, 0.2) is 18.2 Å². The molecule has 0 N–H and O–H groups in total. The average molecular weight is 174 g/mol. The molecule has 0 fully saturated rings. The normalized spacial score (nSPS) is 21.2. The van der Waals surface area contributed by atoms with Crippen molar-refractivity contribution in [1.29, 1.82) is 0 Å². The molecule has 1 aromatic rings. The molecule has 0 saturated heterocycles. The Morgan fingerprint density at radius 3 is 3.00 bits per heavy atom. The van der Waals surface area contributed by atoms with Gasteiger partial charge < -0.3 is 0 Å². The fraction of sp³-hybridized carbons (Fsp3) is 0.538. The first-order chi connectivity index (χ1) is 6.31. The van der Waals surface area contributed by atoms with Crippen LogP contribution in [0.3, 0.4) is 0 Å². The van der Waals surface area contributed by atoms with Gasteiger partial charge in [-0.05, 0) is 48.3 Å². The quantitative estimate of drug-likeness (QED) is 0.612. The van der Waals surface area contributed by atoms with Crippen molar-refractivity contribution in [2.75, 3.05) is 0 Å². The molecule has 1 unspecified atom stereocenters. The molecular weight excluding hydrogens is 156 g/mol. The zero-order chi connectivity index (χ0) is 9.26. The van der Waals surface area contributed by atoms with Crippen LogP contribution in [0.5, 0.6) is 0 Å². The number of rotatable bonds is 1. The van der Waals surface area contributed by atoms with Crippen LogP contribution in [-0.4, -0.2) is 0 Å². The highest BCUT2D eigenvalue weighted by Gasteiger charge is 2.16. The molecular formula is C13H18. The van der Waals surface area contributed by atoms with E-state index in [1.54, 1.807) is 16.7 Å². The molecule has 13 heavy (non-hydrogen) atoms. The number of hydrogen-bond donors (Lipinski definition) is 0. The second-order valence-electron chi connectivity index (χ2n) is 4.26. The predicted octanol–water partition coefficient (Wildman–Crippen LogP) is 3.37. The SMILES string of the molecule is CCc1cccc2c1CC(C)CC2. The second kappa shape index (κ2) is 3.53. The third-order valence-electron chi connectivity index (χ3n) is 3.21. The monoisotopic (exact) mass is 174 g/mol. The lowest BCUT2D eigenvalue weighted by molar-refractivity contribution is 0.498. The zero-order valence-corrected chi connectivity index (χ0v) is 8.64. The van der Waals surface area contributed by atoms with Gasteiger partial charge in [0.1, 0.15) is 0 Å². The molecule has 0 spiro atoms. The van der Waals surface area contributed by atoms with E-state index in [2.05, 4.69) is 32.0 Å². The first kappa shape index (κ1) is 8.80. The molecule has 1 aliphatic rings. The fourth-order valence-electron chi connectivity index (χ4n) is 2.37. The van der Waals surface area contributed by atoms with Gasteiger partial charge in [-0.15, -0.1) is 0 Å². The Balaban J connectivity index is 2.41. The first-order valence-corrected chi connectivity index (χ1v) is 5.41. The first-order valence-electron chi connectivity index (χ1n) is 5.41. The Hall–Kier alpha value is -0.780. The molecule has 0 aromatic heterocycles. The summed E-state index contributed by atoms with van der Waals surface area (Å²) in [5, 5.41) is 0. The van der Waals surface area contributed by atoms with Crippen LogP contribution in [0.25, 0.3) is 0 Å². The van der Waals surface area contributed by atoms with Crippen molar-refractivity contribution in [3.05, 3.63) is 34.9 Å².